The van der Waals surface area contributed by atoms with Gasteiger partial charge >= 0.3 is 0 Å². The van der Waals surface area contributed by atoms with E-state index in [-0.39, 0.29) is 4.58 Å². The van der Waals surface area contributed by atoms with Crippen LogP contribution in [-0.4, -0.2) is 21.3 Å². The molecule has 0 fully saturated rings. The molecule has 0 aromatic heterocycles. The number of rotatable bonds is 4. The fourth-order valence-electron chi connectivity index (χ4n) is 0.859. The summed E-state index contributed by atoms with van der Waals surface area (Å²) in [4.78, 5) is 0. The van der Waals surface area contributed by atoms with Crippen molar-refractivity contribution in [2.45, 2.75) is 18.4 Å². The third-order valence-electron chi connectivity index (χ3n) is 1.75. The molecule has 3 heteroatoms. The smallest absolute Gasteiger partial charge is 0.0857 e. The standard InChI is InChI=1S/C8H16OS2/c1-6(2)7(3)8(10-4)11(5)9/h7-8H,1H2,2-5H3. The van der Waals surface area contributed by atoms with Crippen LogP contribution in [0.5, 0.6) is 0 Å². The molecule has 0 rings (SSSR count). The Morgan fingerprint density at radius 2 is 2.09 bits per heavy atom. The van der Waals surface area contributed by atoms with Crippen molar-refractivity contribution in [1.29, 1.82) is 0 Å². The molecule has 0 radical (unpaired) electrons. The molecule has 0 heterocycles. The Labute approximate surface area is 76.1 Å². The lowest BCUT2D eigenvalue weighted by Gasteiger charge is -2.19. The van der Waals surface area contributed by atoms with Crippen LogP contribution in [0.3, 0.4) is 0 Å². The minimum atomic E-state index is -0.752. The number of allylic oxidation sites excluding steroid dienone is 1. The van der Waals surface area contributed by atoms with E-state index in [0.717, 1.165) is 5.57 Å². The second kappa shape index (κ2) is 4.99. The van der Waals surface area contributed by atoms with Crippen LogP contribution in [0.1, 0.15) is 13.8 Å². The van der Waals surface area contributed by atoms with E-state index in [0.29, 0.717) is 5.92 Å². The summed E-state index contributed by atoms with van der Waals surface area (Å²) in [7, 11) is -0.752. The van der Waals surface area contributed by atoms with Crippen molar-refractivity contribution in [2.75, 3.05) is 12.5 Å². The first-order chi connectivity index (χ1) is 5.00. The largest absolute Gasteiger partial charge is 0.259 e. The van der Waals surface area contributed by atoms with E-state index >= 15 is 0 Å². The molecule has 0 saturated heterocycles. The molecule has 1 nitrogen and oxygen atoms in total. The van der Waals surface area contributed by atoms with E-state index in [1.807, 2.05) is 13.2 Å². The highest BCUT2D eigenvalue weighted by atomic mass is 32.2. The van der Waals surface area contributed by atoms with Crippen molar-refractivity contribution >= 4 is 22.6 Å². The Hall–Kier alpha value is 0.240. The van der Waals surface area contributed by atoms with Crippen LogP contribution in [0.25, 0.3) is 0 Å². The molecule has 66 valence electrons. The van der Waals surface area contributed by atoms with Gasteiger partial charge in [-0.25, -0.2) is 0 Å². The Balaban J connectivity index is 4.25. The van der Waals surface area contributed by atoms with Gasteiger partial charge < -0.3 is 0 Å². The third-order valence-corrected chi connectivity index (χ3v) is 5.07. The minimum Gasteiger partial charge on any atom is -0.259 e. The zero-order chi connectivity index (χ0) is 9.02. The highest BCUT2D eigenvalue weighted by Gasteiger charge is 2.19. The Bertz CT molecular complexity index is 165. The topological polar surface area (TPSA) is 17.1 Å². The van der Waals surface area contributed by atoms with Crippen LogP contribution in [0.15, 0.2) is 12.2 Å². The van der Waals surface area contributed by atoms with E-state index in [2.05, 4.69) is 13.5 Å². The van der Waals surface area contributed by atoms with Crippen LogP contribution in [0.4, 0.5) is 0 Å². The van der Waals surface area contributed by atoms with Gasteiger partial charge in [-0.2, -0.15) is 0 Å². The molecule has 3 atom stereocenters. The van der Waals surface area contributed by atoms with Crippen LogP contribution < -0.4 is 0 Å². The van der Waals surface area contributed by atoms with E-state index in [1.165, 1.54) is 0 Å². The number of hydrogen-bond acceptors (Lipinski definition) is 2. The quantitative estimate of drug-likeness (QED) is 0.636. The Morgan fingerprint density at radius 3 is 2.18 bits per heavy atom. The van der Waals surface area contributed by atoms with Crippen LogP contribution >= 0.6 is 11.8 Å². The van der Waals surface area contributed by atoms with E-state index < -0.39 is 10.8 Å². The molecule has 0 spiro atoms. The van der Waals surface area contributed by atoms with Crippen molar-refractivity contribution in [2.24, 2.45) is 5.92 Å². The fourth-order valence-corrected chi connectivity index (χ4v) is 3.39. The summed E-state index contributed by atoms with van der Waals surface area (Å²) < 4.78 is 11.4. The van der Waals surface area contributed by atoms with Crippen molar-refractivity contribution in [3.63, 3.8) is 0 Å². The van der Waals surface area contributed by atoms with Crippen LogP contribution in [0, 0.1) is 5.92 Å². The summed E-state index contributed by atoms with van der Waals surface area (Å²) in [5.41, 5.74) is 1.11. The van der Waals surface area contributed by atoms with Crippen LogP contribution in [0.2, 0.25) is 0 Å². The summed E-state index contributed by atoms with van der Waals surface area (Å²) in [6.45, 7) is 7.92. The summed E-state index contributed by atoms with van der Waals surface area (Å²) >= 11 is 1.65. The van der Waals surface area contributed by atoms with Gasteiger partial charge in [0.2, 0.25) is 0 Å². The lowest BCUT2D eigenvalue weighted by atomic mass is 10.1. The Morgan fingerprint density at radius 1 is 1.64 bits per heavy atom. The van der Waals surface area contributed by atoms with E-state index in [1.54, 1.807) is 18.0 Å². The molecule has 0 aromatic carbocycles. The van der Waals surface area contributed by atoms with Crippen molar-refractivity contribution in [1.82, 2.24) is 0 Å². The molecular formula is C8H16OS2. The fraction of sp³-hybridized carbons (Fsp3) is 0.750. The van der Waals surface area contributed by atoms with E-state index in [4.69, 9.17) is 0 Å². The average molecular weight is 192 g/mol. The first kappa shape index (κ1) is 11.2. The van der Waals surface area contributed by atoms with Gasteiger partial charge in [0, 0.05) is 17.1 Å². The second-order valence-corrected chi connectivity index (χ2v) is 5.52. The van der Waals surface area contributed by atoms with Gasteiger partial charge in [-0.1, -0.05) is 19.1 Å². The van der Waals surface area contributed by atoms with Gasteiger partial charge in [-0.15, -0.1) is 11.8 Å². The van der Waals surface area contributed by atoms with Gasteiger partial charge in [0.25, 0.3) is 0 Å². The first-order valence-electron chi connectivity index (χ1n) is 3.51. The zero-order valence-electron chi connectivity index (χ0n) is 7.59. The lowest BCUT2D eigenvalue weighted by Crippen LogP contribution is -2.19. The first-order valence-corrected chi connectivity index (χ1v) is 6.42. The molecule has 0 N–H and O–H groups in total. The molecule has 0 aliphatic rings. The lowest BCUT2D eigenvalue weighted by molar-refractivity contribution is 0.667. The maximum Gasteiger partial charge on any atom is 0.0857 e. The normalized spacial score (nSPS) is 18.9. The summed E-state index contributed by atoms with van der Waals surface area (Å²) in [6, 6.07) is 0. The van der Waals surface area contributed by atoms with Gasteiger partial charge in [-0.3, -0.25) is 4.21 Å². The summed E-state index contributed by atoms with van der Waals surface area (Å²) in [6.07, 6.45) is 3.74. The maximum absolute atomic E-state index is 11.2. The second-order valence-electron chi connectivity index (χ2n) is 2.74. The predicted octanol–water partition coefficient (Wildman–Crippen LogP) is 2.27. The van der Waals surface area contributed by atoms with E-state index in [9.17, 15) is 4.21 Å². The zero-order valence-corrected chi connectivity index (χ0v) is 9.22. The molecule has 0 bridgehead atoms. The number of thioether (sulfide) groups is 1. The molecule has 0 aliphatic heterocycles. The van der Waals surface area contributed by atoms with Crippen LogP contribution in [-0.2, 0) is 10.8 Å². The molecule has 0 amide bonds. The van der Waals surface area contributed by atoms with Gasteiger partial charge in [-0.05, 0) is 19.1 Å². The minimum absolute atomic E-state index is 0.201. The molecule has 0 aromatic rings. The maximum atomic E-state index is 11.2. The summed E-state index contributed by atoms with van der Waals surface area (Å²) in [5.74, 6) is 0.343. The van der Waals surface area contributed by atoms with Crippen molar-refractivity contribution in [3.05, 3.63) is 12.2 Å². The predicted molar refractivity (Wildman–Crippen MR) is 55.3 cm³/mol. The monoisotopic (exact) mass is 192 g/mol. The molecule has 3 unspecified atom stereocenters. The molecule has 0 aliphatic carbocycles. The Kier molecular flexibility index (Phi) is 5.10. The highest BCUT2D eigenvalue weighted by molar-refractivity contribution is 8.10. The van der Waals surface area contributed by atoms with Gasteiger partial charge in [0.15, 0.2) is 0 Å². The summed E-state index contributed by atoms with van der Waals surface area (Å²) in [5, 5.41) is 0. The molecule has 0 saturated carbocycles. The third kappa shape index (κ3) is 3.43. The average Bonchev–Trinajstić information content (AvgIpc) is 1.88. The SMILES string of the molecule is C=C(C)C(C)C(SC)S(C)=O. The molecule has 11 heavy (non-hydrogen) atoms. The highest BCUT2D eigenvalue weighted by Crippen LogP contribution is 2.24. The number of hydrogen-bond donors (Lipinski definition) is 0. The molecular weight excluding hydrogens is 176 g/mol. The van der Waals surface area contributed by atoms with Gasteiger partial charge in [0.05, 0.1) is 4.58 Å². The van der Waals surface area contributed by atoms with Gasteiger partial charge in [0.1, 0.15) is 0 Å². The van der Waals surface area contributed by atoms with Crippen molar-refractivity contribution in [3.8, 4) is 0 Å². The van der Waals surface area contributed by atoms with Crippen molar-refractivity contribution < 1.29 is 4.21 Å².